The van der Waals surface area contributed by atoms with Crippen LogP contribution in [0, 0.1) is 11.3 Å². The van der Waals surface area contributed by atoms with E-state index >= 15 is 0 Å². The molecule has 0 saturated heterocycles. The van der Waals surface area contributed by atoms with Crippen molar-refractivity contribution in [3.8, 4) is 6.07 Å². The number of hydrogen-bond acceptors (Lipinski definition) is 4. The quantitative estimate of drug-likeness (QED) is 0.520. The van der Waals surface area contributed by atoms with Crippen LogP contribution in [0.2, 0.25) is 0 Å². The van der Waals surface area contributed by atoms with Gasteiger partial charge in [0.15, 0.2) is 0 Å². The number of primary sulfonamides is 1. The number of rotatable bonds is 6. The summed E-state index contributed by atoms with van der Waals surface area (Å²) in [6.45, 7) is -0.728. The minimum atomic E-state index is -4.71. The topological polar surface area (TPSA) is 102 Å². The Morgan fingerprint density at radius 2 is 1.97 bits per heavy atom. The Balaban J connectivity index is 1.87. The first-order valence-electron chi connectivity index (χ1n) is 10.2. The molecule has 0 spiro atoms. The Labute approximate surface area is 187 Å². The summed E-state index contributed by atoms with van der Waals surface area (Å²) in [6.07, 6.45) is -2.07. The lowest BCUT2D eigenvalue weighted by molar-refractivity contribution is -0.151. The van der Waals surface area contributed by atoms with Gasteiger partial charge in [-0.1, -0.05) is 12.1 Å². The van der Waals surface area contributed by atoms with Gasteiger partial charge < -0.3 is 4.57 Å². The highest BCUT2D eigenvalue weighted by molar-refractivity contribution is 7.89. The van der Waals surface area contributed by atoms with Crippen molar-refractivity contribution in [2.45, 2.75) is 55.4 Å². The molecule has 0 radical (unpaired) electrons. The van der Waals surface area contributed by atoms with E-state index in [1.165, 1.54) is 6.07 Å². The van der Waals surface area contributed by atoms with Crippen LogP contribution in [-0.2, 0) is 23.1 Å². The third kappa shape index (κ3) is 4.32. The lowest BCUT2D eigenvalue weighted by Crippen LogP contribution is -2.27. The highest BCUT2D eigenvalue weighted by atomic mass is 32.2. The predicted molar refractivity (Wildman–Crippen MR) is 112 cm³/mol. The molecule has 0 amide bonds. The highest BCUT2D eigenvalue weighted by Crippen LogP contribution is 2.43. The summed E-state index contributed by atoms with van der Waals surface area (Å²) in [5, 5.41) is 15.3. The minimum Gasteiger partial charge on any atom is -0.340 e. The van der Waals surface area contributed by atoms with Crippen LogP contribution >= 0.6 is 0 Å². The summed E-state index contributed by atoms with van der Waals surface area (Å²) < 4.78 is 80.3. The number of pyridine rings is 1. The Hall–Kier alpha value is -2.97. The van der Waals surface area contributed by atoms with Crippen molar-refractivity contribution in [1.82, 2.24) is 9.55 Å². The number of halogens is 4. The largest absolute Gasteiger partial charge is 0.397 e. The van der Waals surface area contributed by atoms with Gasteiger partial charge in [-0.15, -0.1) is 0 Å². The van der Waals surface area contributed by atoms with Crippen LogP contribution in [0.1, 0.15) is 53.7 Å². The van der Waals surface area contributed by atoms with Crippen molar-refractivity contribution in [2.75, 3.05) is 0 Å². The molecule has 1 saturated carbocycles. The van der Waals surface area contributed by atoms with Gasteiger partial charge in [0.2, 0.25) is 10.0 Å². The number of alkyl halides is 4. The van der Waals surface area contributed by atoms with Gasteiger partial charge in [-0.05, 0) is 43.0 Å². The molecule has 3 aromatic rings. The molecular weight excluding hydrogens is 460 g/mol. The summed E-state index contributed by atoms with van der Waals surface area (Å²) in [5.74, 6) is -2.08. The SMILES string of the molecule is N#Cc1c(C[C@H](c2ccc(S(N)(=O)=O)cn2)C(F)(F)F)n(C2CCC2)c2cc(CF)ccc12. The summed E-state index contributed by atoms with van der Waals surface area (Å²) in [7, 11) is -4.11. The van der Waals surface area contributed by atoms with Gasteiger partial charge in [0.1, 0.15) is 23.6 Å². The van der Waals surface area contributed by atoms with Crippen LogP contribution in [0.15, 0.2) is 41.4 Å². The summed E-state index contributed by atoms with van der Waals surface area (Å²) >= 11 is 0. The van der Waals surface area contributed by atoms with Crippen LogP contribution in [0.25, 0.3) is 10.9 Å². The van der Waals surface area contributed by atoms with Gasteiger partial charge in [-0.25, -0.2) is 17.9 Å². The third-order valence-corrected chi connectivity index (χ3v) is 7.01. The predicted octanol–water partition coefficient (Wildman–Crippen LogP) is 4.64. The average Bonchev–Trinajstić information content (AvgIpc) is 3.01. The fourth-order valence-corrected chi connectivity index (χ4v) is 4.68. The Morgan fingerprint density at radius 3 is 2.45 bits per heavy atom. The molecular formula is C22H20F4N4O2S. The van der Waals surface area contributed by atoms with Gasteiger partial charge in [-0.2, -0.15) is 18.4 Å². The molecule has 2 heterocycles. The molecule has 0 aliphatic heterocycles. The fourth-order valence-electron chi connectivity index (χ4n) is 4.23. The van der Waals surface area contributed by atoms with Gasteiger partial charge in [-0.3, -0.25) is 4.98 Å². The fraction of sp³-hybridized carbons (Fsp3) is 0.364. The second-order valence-electron chi connectivity index (χ2n) is 8.14. The third-order valence-electron chi connectivity index (χ3n) is 6.11. The van der Waals surface area contributed by atoms with Gasteiger partial charge >= 0.3 is 6.18 Å². The lowest BCUT2D eigenvalue weighted by atomic mass is 9.91. The smallest absolute Gasteiger partial charge is 0.340 e. The zero-order chi connectivity index (χ0) is 24.0. The minimum absolute atomic E-state index is 0.0777. The molecule has 33 heavy (non-hydrogen) atoms. The first kappa shape index (κ1) is 23.2. The normalized spacial score (nSPS) is 15.9. The van der Waals surface area contributed by atoms with Gasteiger partial charge in [0, 0.05) is 29.7 Å². The van der Waals surface area contributed by atoms with Crippen molar-refractivity contribution >= 4 is 20.9 Å². The van der Waals surface area contributed by atoms with E-state index in [2.05, 4.69) is 4.98 Å². The van der Waals surface area contributed by atoms with E-state index in [1.54, 1.807) is 16.7 Å². The Morgan fingerprint density at radius 1 is 1.24 bits per heavy atom. The second-order valence-corrected chi connectivity index (χ2v) is 9.70. The van der Waals surface area contributed by atoms with E-state index < -0.39 is 40.1 Å². The zero-order valence-corrected chi connectivity index (χ0v) is 18.1. The Kier molecular flexibility index (Phi) is 5.92. The average molecular weight is 480 g/mol. The van der Waals surface area contributed by atoms with Crippen LogP contribution in [-0.4, -0.2) is 24.1 Å². The van der Waals surface area contributed by atoms with Crippen molar-refractivity contribution in [2.24, 2.45) is 5.14 Å². The van der Waals surface area contributed by atoms with Crippen molar-refractivity contribution < 1.29 is 26.0 Å². The van der Waals surface area contributed by atoms with Crippen LogP contribution < -0.4 is 5.14 Å². The molecule has 1 fully saturated rings. The molecule has 6 nitrogen and oxygen atoms in total. The van der Waals surface area contributed by atoms with Crippen LogP contribution in [0.3, 0.4) is 0 Å². The maximum Gasteiger partial charge on any atom is 0.397 e. The van der Waals surface area contributed by atoms with E-state index in [9.17, 15) is 31.2 Å². The number of nitrogens with two attached hydrogens (primary N) is 1. The molecule has 0 unspecified atom stereocenters. The summed E-state index contributed by atoms with van der Waals surface area (Å²) in [4.78, 5) is 3.34. The lowest BCUT2D eigenvalue weighted by Gasteiger charge is -2.31. The molecule has 2 aromatic heterocycles. The zero-order valence-electron chi connectivity index (χ0n) is 17.3. The monoisotopic (exact) mass is 480 g/mol. The first-order valence-corrected chi connectivity index (χ1v) is 11.8. The number of nitriles is 1. The van der Waals surface area contributed by atoms with Crippen LogP contribution in [0.5, 0.6) is 0 Å². The van der Waals surface area contributed by atoms with E-state index in [-0.39, 0.29) is 23.0 Å². The van der Waals surface area contributed by atoms with Crippen LogP contribution in [0.4, 0.5) is 17.6 Å². The van der Waals surface area contributed by atoms with Gasteiger partial charge in [0.25, 0.3) is 0 Å². The number of benzene rings is 1. The van der Waals surface area contributed by atoms with Gasteiger partial charge in [0.05, 0.1) is 16.8 Å². The molecule has 11 heteroatoms. The maximum atomic E-state index is 14.1. The highest BCUT2D eigenvalue weighted by Gasteiger charge is 2.43. The molecule has 1 aliphatic carbocycles. The molecule has 0 bridgehead atoms. The second kappa shape index (κ2) is 8.43. The molecule has 1 aliphatic rings. The molecule has 1 aromatic carbocycles. The van der Waals surface area contributed by atoms with E-state index in [0.29, 0.717) is 16.5 Å². The maximum absolute atomic E-state index is 14.1. The molecule has 1 atom stereocenters. The van der Waals surface area contributed by atoms with Crippen molar-refractivity contribution in [3.63, 3.8) is 0 Å². The van der Waals surface area contributed by atoms with E-state index in [1.807, 2.05) is 6.07 Å². The number of aromatic nitrogens is 2. The first-order chi connectivity index (χ1) is 15.5. The number of nitrogens with zero attached hydrogens (tertiary/aromatic N) is 3. The molecule has 2 N–H and O–H groups in total. The Bertz CT molecular complexity index is 1340. The van der Waals surface area contributed by atoms with E-state index in [4.69, 9.17) is 5.14 Å². The summed E-state index contributed by atoms with van der Waals surface area (Å²) in [5.41, 5.74) is 0.878. The number of fused-ring (bicyclic) bond motifs is 1. The van der Waals surface area contributed by atoms with E-state index in [0.717, 1.165) is 37.6 Å². The molecule has 174 valence electrons. The number of hydrogen-bond donors (Lipinski definition) is 1. The summed E-state index contributed by atoms with van der Waals surface area (Å²) in [6, 6.07) is 8.61. The van der Waals surface area contributed by atoms with Crippen molar-refractivity contribution in [1.29, 1.82) is 5.26 Å². The van der Waals surface area contributed by atoms with Crippen molar-refractivity contribution in [3.05, 3.63) is 59.0 Å². The standard InChI is InChI=1S/C22H20F4N4O2S/c23-10-13-4-6-16-17(11-27)21(30(20(16)8-13)14-2-1-3-14)9-18(22(24,25)26)19-7-5-15(12-29-19)33(28,31)32/h4-8,12,14,18H,1-3,9-10H2,(H2,28,31,32)/t18-/m1/s1. The number of sulfonamides is 1. The molecule has 4 rings (SSSR count).